The van der Waals surface area contributed by atoms with Crippen molar-refractivity contribution in [1.29, 1.82) is 0 Å². The zero-order valence-electron chi connectivity index (χ0n) is 7.41. The van der Waals surface area contributed by atoms with Crippen LogP contribution in [-0.4, -0.2) is 10.2 Å². The monoisotopic (exact) mass is 168 g/mol. The van der Waals surface area contributed by atoms with E-state index in [4.69, 9.17) is 0 Å². The molecule has 0 saturated carbocycles. The molecule has 0 spiro atoms. The Balaban J connectivity index is 3.25. The summed E-state index contributed by atoms with van der Waals surface area (Å²) in [5.41, 5.74) is 0.775. The molecule has 66 valence electrons. The fourth-order valence-corrected chi connectivity index (χ4v) is 1.28. The third-order valence-electron chi connectivity index (χ3n) is 1.95. The molecule has 1 aromatic rings. The average Bonchev–Trinajstić information content (AvgIpc) is 2.09. The number of rotatable bonds is 2. The quantitative estimate of drug-likeness (QED) is 0.646. The maximum absolute atomic E-state index is 9.44. The summed E-state index contributed by atoms with van der Waals surface area (Å²) in [5.74, 6) is -0.0431. The van der Waals surface area contributed by atoms with Crippen LogP contribution in [0.25, 0.3) is 0 Å². The molecule has 1 rings (SSSR count). The van der Waals surface area contributed by atoms with Crippen LogP contribution in [0, 0.1) is 0 Å². The maximum atomic E-state index is 9.44. The molecule has 0 radical (unpaired) electrons. The van der Waals surface area contributed by atoms with Gasteiger partial charge < -0.3 is 10.2 Å². The highest BCUT2D eigenvalue weighted by molar-refractivity contribution is 5.37. The van der Waals surface area contributed by atoms with E-state index in [-0.39, 0.29) is 11.5 Å². The summed E-state index contributed by atoms with van der Waals surface area (Å²) >= 11 is 0. The van der Waals surface area contributed by atoms with Crippen molar-refractivity contribution in [3.63, 3.8) is 0 Å². The summed E-state index contributed by atoms with van der Waals surface area (Å²) in [6.45, 7) is 4.74. The van der Waals surface area contributed by atoms with Crippen LogP contribution in [0.4, 0.5) is 0 Å². The Morgan fingerprint density at radius 2 is 2.00 bits per heavy atom. The highest BCUT2D eigenvalue weighted by atomic mass is 16.3. The Hall–Kier alpha value is -1.25. The smallest absolute Gasteiger partial charge is 0.227 e. The van der Waals surface area contributed by atoms with Crippen molar-refractivity contribution in [2.75, 3.05) is 0 Å². The van der Waals surface area contributed by atoms with Crippen molar-refractivity contribution in [2.24, 2.45) is 0 Å². The minimum absolute atomic E-state index is 0.00171. The van der Waals surface area contributed by atoms with Gasteiger partial charge in [0.25, 0.3) is 0 Å². The van der Waals surface area contributed by atoms with Crippen molar-refractivity contribution in [2.45, 2.75) is 26.8 Å². The Morgan fingerprint density at radius 3 is 2.50 bits per heavy atom. The second kappa shape index (κ2) is 3.43. The molecule has 3 nitrogen and oxygen atoms in total. The Kier molecular flexibility index (Phi) is 2.53. The van der Waals surface area contributed by atoms with Gasteiger partial charge >= 0.3 is 0 Å². The topological polar surface area (TPSA) is 44.3 Å². The van der Waals surface area contributed by atoms with E-state index in [1.807, 2.05) is 18.4 Å². The van der Waals surface area contributed by atoms with Crippen LogP contribution < -0.4 is 4.57 Å². The summed E-state index contributed by atoms with van der Waals surface area (Å²) in [6.07, 6.45) is 2.49. The van der Waals surface area contributed by atoms with E-state index >= 15 is 0 Å². The second-order valence-electron chi connectivity index (χ2n) is 2.64. The highest BCUT2D eigenvalue weighted by Crippen LogP contribution is 2.25. The molecule has 1 aromatic heterocycles. The van der Waals surface area contributed by atoms with Gasteiger partial charge in [0.1, 0.15) is 6.54 Å². The number of aryl methyl sites for hydroxylation is 1. The summed E-state index contributed by atoms with van der Waals surface area (Å²) in [6, 6.07) is 1.50. The minimum Gasteiger partial charge on any atom is -0.504 e. The SMILES string of the molecule is CCc1c(O)c(O)cc[n+]1CC. The van der Waals surface area contributed by atoms with Gasteiger partial charge in [-0.3, -0.25) is 0 Å². The molecular weight excluding hydrogens is 154 g/mol. The number of hydrogen-bond donors (Lipinski definition) is 2. The Labute approximate surface area is 71.9 Å². The molecule has 0 amide bonds. The lowest BCUT2D eigenvalue weighted by Gasteiger charge is -2.02. The summed E-state index contributed by atoms with van der Waals surface area (Å²) in [5, 5.41) is 18.6. The van der Waals surface area contributed by atoms with Gasteiger partial charge in [0.15, 0.2) is 11.9 Å². The van der Waals surface area contributed by atoms with Crippen LogP contribution in [0.3, 0.4) is 0 Å². The van der Waals surface area contributed by atoms with Crippen LogP contribution in [0.2, 0.25) is 0 Å². The number of aromatic hydroxyl groups is 2. The van der Waals surface area contributed by atoms with Crippen LogP contribution >= 0.6 is 0 Å². The molecule has 1 heterocycles. The van der Waals surface area contributed by atoms with Gasteiger partial charge in [-0.2, -0.15) is 4.57 Å². The van der Waals surface area contributed by atoms with E-state index in [9.17, 15) is 10.2 Å². The number of aromatic nitrogens is 1. The number of pyridine rings is 1. The first-order valence-electron chi connectivity index (χ1n) is 4.14. The normalized spacial score (nSPS) is 10.2. The summed E-state index contributed by atoms with van der Waals surface area (Å²) in [7, 11) is 0. The van der Waals surface area contributed by atoms with Gasteiger partial charge in [0.05, 0.1) is 0 Å². The molecule has 0 aliphatic carbocycles. The van der Waals surface area contributed by atoms with Crippen molar-refractivity contribution >= 4 is 0 Å². The summed E-state index contributed by atoms with van der Waals surface area (Å²) < 4.78 is 1.91. The molecular formula is C9H14NO2+. The standard InChI is InChI=1S/C9H13NO2/c1-3-7-9(12)8(11)5-6-10(7)4-2/h5-6,12H,3-4H2,1-2H3/p+1. The van der Waals surface area contributed by atoms with E-state index in [2.05, 4.69) is 0 Å². The predicted octanol–water partition coefficient (Wildman–Crippen LogP) is 0.968. The van der Waals surface area contributed by atoms with Crippen LogP contribution in [0.15, 0.2) is 12.3 Å². The van der Waals surface area contributed by atoms with Crippen LogP contribution in [0.1, 0.15) is 19.5 Å². The zero-order valence-corrected chi connectivity index (χ0v) is 7.41. The largest absolute Gasteiger partial charge is 0.504 e. The van der Waals surface area contributed by atoms with Gasteiger partial charge in [-0.15, -0.1) is 0 Å². The lowest BCUT2D eigenvalue weighted by molar-refractivity contribution is -0.701. The minimum atomic E-state index is -0.0449. The fraction of sp³-hybridized carbons (Fsp3) is 0.444. The zero-order chi connectivity index (χ0) is 9.14. The molecule has 0 unspecified atom stereocenters. The van der Waals surface area contributed by atoms with Crippen molar-refractivity contribution in [3.8, 4) is 11.5 Å². The van der Waals surface area contributed by atoms with E-state index in [0.717, 1.165) is 12.2 Å². The summed E-state index contributed by atoms with van der Waals surface area (Å²) in [4.78, 5) is 0. The number of nitrogens with zero attached hydrogens (tertiary/aromatic N) is 1. The molecule has 2 N–H and O–H groups in total. The van der Waals surface area contributed by atoms with Gasteiger partial charge in [-0.1, -0.05) is 6.92 Å². The Bertz CT molecular complexity index is 284. The van der Waals surface area contributed by atoms with Crippen molar-refractivity contribution in [1.82, 2.24) is 0 Å². The molecule has 3 heteroatoms. The lowest BCUT2D eigenvalue weighted by atomic mass is 10.2. The van der Waals surface area contributed by atoms with E-state index in [1.54, 1.807) is 6.20 Å². The molecule has 0 bridgehead atoms. The molecule has 0 atom stereocenters. The molecule has 0 aliphatic rings. The fourth-order valence-electron chi connectivity index (χ4n) is 1.28. The molecule has 12 heavy (non-hydrogen) atoms. The van der Waals surface area contributed by atoms with Gasteiger partial charge in [-0.25, -0.2) is 0 Å². The first kappa shape index (κ1) is 8.84. The average molecular weight is 168 g/mol. The molecule has 0 fully saturated rings. The first-order chi connectivity index (χ1) is 5.70. The van der Waals surface area contributed by atoms with E-state index < -0.39 is 0 Å². The lowest BCUT2D eigenvalue weighted by Crippen LogP contribution is -2.36. The van der Waals surface area contributed by atoms with E-state index in [1.165, 1.54) is 6.07 Å². The highest BCUT2D eigenvalue weighted by Gasteiger charge is 2.15. The Morgan fingerprint density at radius 1 is 1.33 bits per heavy atom. The van der Waals surface area contributed by atoms with Crippen molar-refractivity contribution in [3.05, 3.63) is 18.0 Å². The van der Waals surface area contributed by atoms with Gasteiger partial charge in [0.2, 0.25) is 11.4 Å². The number of hydrogen-bond acceptors (Lipinski definition) is 2. The molecule has 0 aliphatic heterocycles. The van der Waals surface area contributed by atoms with Gasteiger partial charge in [0, 0.05) is 12.5 Å². The predicted molar refractivity (Wildman–Crippen MR) is 45.0 cm³/mol. The van der Waals surface area contributed by atoms with Crippen LogP contribution in [0.5, 0.6) is 11.5 Å². The third-order valence-corrected chi connectivity index (χ3v) is 1.95. The van der Waals surface area contributed by atoms with E-state index in [0.29, 0.717) is 6.42 Å². The maximum Gasteiger partial charge on any atom is 0.227 e. The third kappa shape index (κ3) is 1.35. The molecule has 0 aromatic carbocycles. The first-order valence-corrected chi connectivity index (χ1v) is 4.14. The van der Waals surface area contributed by atoms with Gasteiger partial charge in [-0.05, 0) is 6.92 Å². The second-order valence-corrected chi connectivity index (χ2v) is 2.64. The van der Waals surface area contributed by atoms with Crippen molar-refractivity contribution < 1.29 is 14.8 Å². The van der Waals surface area contributed by atoms with Crippen LogP contribution in [-0.2, 0) is 13.0 Å². The molecule has 0 saturated heterocycles.